The van der Waals surface area contributed by atoms with E-state index in [9.17, 15) is 23.9 Å². The number of anilines is 1. The van der Waals surface area contributed by atoms with Crippen molar-refractivity contribution >= 4 is 25.2 Å². The zero-order chi connectivity index (χ0) is 31.3. The van der Waals surface area contributed by atoms with E-state index in [-0.39, 0.29) is 18.7 Å². The number of unbranched alkanes of at least 4 members (excludes halogenated alkanes) is 11. The molecule has 9 heteroatoms. The number of allylic oxidation sites excluding steroid dienone is 2. The summed E-state index contributed by atoms with van der Waals surface area (Å²) in [7, 11) is -4.84. The van der Waals surface area contributed by atoms with Gasteiger partial charge in [-0.15, -0.1) is 0 Å². The molecular formula is C34H49N2O6P-2. The first-order valence-corrected chi connectivity index (χ1v) is 17.5. The molecule has 2 aromatic carbocycles. The van der Waals surface area contributed by atoms with Gasteiger partial charge in [-0.1, -0.05) is 90.2 Å². The minimum absolute atomic E-state index is 0.165. The Labute approximate surface area is 257 Å². The van der Waals surface area contributed by atoms with Gasteiger partial charge in [0.15, 0.2) is 0 Å². The van der Waals surface area contributed by atoms with Crippen LogP contribution in [0.5, 0.6) is 5.75 Å². The van der Waals surface area contributed by atoms with Gasteiger partial charge in [0.25, 0.3) is 0 Å². The van der Waals surface area contributed by atoms with Gasteiger partial charge in [-0.2, -0.15) is 0 Å². The van der Waals surface area contributed by atoms with Crippen molar-refractivity contribution in [1.82, 2.24) is 5.32 Å². The number of amides is 1. The summed E-state index contributed by atoms with van der Waals surface area (Å²) < 4.78 is 16.9. The average molecular weight is 613 g/mol. The van der Waals surface area contributed by atoms with E-state index in [0.29, 0.717) is 29.0 Å². The van der Waals surface area contributed by atoms with E-state index in [2.05, 4.69) is 24.4 Å². The molecule has 1 amide bonds. The van der Waals surface area contributed by atoms with Crippen LogP contribution in [-0.2, 0) is 15.8 Å². The molecule has 0 saturated heterocycles. The van der Waals surface area contributed by atoms with Gasteiger partial charge < -0.3 is 30.1 Å². The zero-order valence-electron chi connectivity index (χ0n) is 25.6. The number of esters is 1. The fourth-order valence-corrected chi connectivity index (χ4v) is 5.61. The lowest BCUT2D eigenvalue weighted by molar-refractivity contribution is -0.313. The molecule has 2 rings (SSSR count). The van der Waals surface area contributed by atoms with Crippen LogP contribution in [0.3, 0.4) is 0 Å². The van der Waals surface area contributed by atoms with Crippen molar-refractivity contribution in [3.8, 4) is 5.75 Å². The molecule has 0 radical (unpaired) electrons. The van der Waals surface area contributed by atoms with Crippen LogP contribution >= 0.6 is 7.60 Å². The van der Waals surface area contributed by atoms with Crippen molar-refractivity contribution in [1.29, 1.82) is 0 Å². The minimum Gasteiger partial charge on any atom is -0.811 e. The Morgan fingerprint density at radius 3 is 1.98 bits per heavy atom. The summed E-state index contributed by atoms with van der Waals surface area (Å²) >= 11 is 0. The van der Waals surface area contributed by atoms with Gasteiger partial charge in [-0.05, 0) is 86.6 Å². The molecule has 2 aromatic rings. The number of nitrogens with one attached hydrogen (secondary N) is 1. The first-order valence-electron chi connectivity index (χ1n) is 15.8. The maximum absolute atomic E-state index is 12.5. The Bertz CT molecular complexity index is 1140. The SMILES string of the molecule is CCCCCCCC/C=C\CCCCCCCC(=O)N[C@@H](Cc1ccc(OC(=O)c2ccc(N)cc2)cc1)CP(=O)([O-])[O-]. The van der Waals surface area contributed by atoms with Gasteiger partial charge in [0.1, 0.15) is 5.75 Å². The van der Waals surface area contributed by atoms with Gasteiger partial charge in [0.2, 0.25) is 5.91 Å². The molecule has 0 bridgehead atoms. The second-order valence-corrected chi connectivity index (χ2v) is 12.8. The Balaban J connectivity index is 1.66. The molecule has 1 atom stereocenters. The summed E-state index contributed by atoms with van der Waals surface area (Å²) in [4.78, 5) is 47.8. The van der Waals surface area contributed by atoms with Crippen LogP contribution in [0, 0.1) is 0 Å². The molecule has 0 aliphatic carbocycles. The van der Waals surface area contributed by atoms with Crippen LogP contribution in [0.1, 0.15) is 113 Å². The molecule has 0 heterocycles. The Hall–Kier alpha value is -2.93. The number of rotatable bonds is 22. The highest BCUT2D eigenvalue weighted by Gasteiger charge is 2.15. The van der Waals surface area contributed by atoms with Crippen molar-refractivity contribution in [2.45, 2.75) is 109 Å². The lowest BCUT2D eigenvalue weighted by Gasteiger charge is -2.34. The fraction of sp³-hybridized carbons (Fsp3) is 0.529. The molecule has 0 saturated carbocycles. The molecule has 238 valence electrons. The smallest absolute Gasteiger partial charge is 0.343 e. The van der Waals surface area contributed by atoms with Crippen LogP contribution < -0.4 is 25.6 Å². The van der Waals surface area contributed by atoms with Gasteiger partial charge in [0.05, 0.1) is 5.56 Å². The van der Waals surface area contributed by atoms with E-state index in [0.717, 1.165) is 32.1 Å². The van der Waals surface area contributed by atoms with Gasteiger partial charge >= 0.3 is 5.97 Å². The summed E-state index contributed by atoms with van der Waals surface area (Å²) in [6, 6.07) is 12.0. The minimum atomic E-state index is -4.84. The Kier molecular flexibility index (Phi) is 17.6. The van der Waals surface area contributed by atoms with E-state index in [1.165, 1.54) is 44.9 Å². The monoisotopic (exact) mass is 612 g/mol. The first-order chi connectivity index (χ1) is 20.7. The Morgan fingerprint density at radius 2 is 1.40 bits per heavy atom. The van der Waals surface area contributed by atoms with E-state index in [1.54, 1.807) is 48.5 Å². The molecule has 0 unspecified atom stereocenters. The molecule has 0 aromatic heterocycles. The topological polar surface area (TPSA) is 145 Å². The van der Waals surface area contributed by atoms with Crippen molar-refractivity contribution in [2.24, 2.45) is 0 Å². The van der Waals surface area contributed by atoms with Crippen molar-refractivity contribution < 1.29 is 28.7 Å². The number of benzene rings is 2. The van der Waals surface area contributed by atoms with Crippen LogP contribution in [-0.4, -0.2) is 24.1 Å². The molecule has 0 spiro atoms. The maximum atomic E-state index is 12.5. The second kappa shape index (κ2) is 20.9. The van der Waals surface area contributed by atoms with Gasteiger partial charge in [-0.3, -0.25) is 4.79 Å². The zero-order valence-corrected chi connectivity index (χ0v) is 26.5. The highest BCUT2D eigenvalue weighted by Crippen LogP contribution is 2.26. The van der Waals surface area contributed by atoms with Crippen molar-refractivity contribution in [2.75, 3.05) is 11.9 Å². The molecule has 8 nitrogen and oxygen atoms in total. The molecule has 3 N–H and O–H groups in total. The summed E-state index contributed by atoms with van der Waals surface area (Å²) in [5.41, 5.74) is 7.24. The normalized spacial score (nSPS) is 12.3. The summed E-state index contributed by atoms with van der Waals surface area (Å²) in [5.74, 6) is -0.481. The third-order valence-corrected chi connectivity index (χ3v) is 8.13. The maximum Gasteiger partial charge on any atom is 0.343 e. The van der Waals surface area contributed by atoms with E-state index in [4.69, 9.17) is 10.5 Å². The van der Waals surface area contributed by atoms with Gasteiger partial charge in [-0.25, -0.2) is 4.79 Å². The largest absolute Gasteiger partial charge is 0.811 e. The molecule has 0 aliphatic rings. The number of nitrogen functional groups attached to an aromatic ring is 1. The van der Waals surface area contributed by atoms with E-state index >= 15 is 0 Å². The van der Waals surface area contributed by atoms with Crippen LogP contribution in [0.2, 0.25) is 0 Å². The van der Waals surface area contributed by atoms with E-state index in [1.807, 2.05) is 0 Å². The van der Waals surface area contributed by atoms with Crippen molar-refractivity contribution in [3.63, 3.8) is 0 Å². The number of nitrogens with two attached hydrogens (primary N) is 1. The molecule has 43 heavy (non-hydrogen) atoms. The standard InChI is InChI=1S/C34H51N2O6P/c1-2-3-4-5-6-7-8-9-10-11-12-13-14-15-16-17-33(37)36-31(27-43(39,40)41)26-28-18-24-32(25-19-28)42-34(38)29-20-22-30(35)23-21-29/h9-10,18-25,31H,2-8,11-17,26-27,35H2,1H3,(H,36,37)(H2,39,40,41)/p-2/b10-9-/t31-/m0/s1. The average Bonchev–Trinajstić information content (AvgIpc) is 2.95. The van der Waals surface area contributed by atoms with Crippen LogP contribution in [0.4, 0.5) is 5.69 Å². The number of hydrogen-bond acceptors (Lipinski definition) is 7. The molecular weight excluding hydrogens is 563 g/mol. The number of hydrogen-bond donors (Lipinski definition) is 2. The number of carbonyl (C=O) groups excluding carboxylic acids is 2. The summed E-state index contributed by atoms with van der Waals surface area (Å²) in [6.45, 7) is 2.24. The third-order valence-electron chi connectivity index (χ3n) is 7.24. The highest BCUT2D eigenvalue weighted by molar-refractivity contribution is 7.48. The highest BCUT2D eigenvalue weighted by atomic mass is 31.2. The Morgan fingerprint density at radius 1 is 0.837 bits per heavy atom. The number of carbonyl (C=O) groups is 2. The second-order valence-electron chi connectivity index (χ2n) is 11.3. The predicted molar refractivity (Wildman–Crippen MR) is 170 cm³/mol. The predicted octanol–water partition coefficient (Wildman–Crippen LogP) is 6.47. The summed E-state index contributed by atoms with van der Waals surface area (Å²) in [5, 5.41) is 2.73. The fourth-order valence-electron chi connectivity index (χ4n) is 4.85. The third kappa shape index (κ3) is 17.7. The van der Waals surface area contributed by atoms with Gasteiger partial charge in [0, 0.05) is 18.2 Å². The summed E-state index contributed by atoms with van der Waals surface area (Å²) in [6.07, 6.45) is 19.5. The lowest BCUT2D eigenvalue weighted by Crippen LogP contribution is -2.41. The quantitative estimate of drug-likeness (QED) is 0.0387. The van der Waals surface area contributed by atoms with Crippen LogP contribution in [0.15, 0.2) is 60.7 Å². The molecule has 0 fully saturated rings. The first kappa shape index (κ1) is 36.3. The van der Waals surface area contributed by atoms with E-state index < -0.39 is 25.8 Å². The van der Waals surface area contributed by atoms with Crippen molar-refractivity contribution in [3.05, 3.63) is 71.8 Å². The number of ether oxygens (including phenoxy) is 1. The van der Waals surface area contributed by atoms with Crippen LogP contribution in [0.25, 0.3) is 0 Å². The lowest BCUT2D eigenvalue weighted by atomic mass is 10.1. The molecule has 0 aliphatic heterocycles.